The molecule has 3 rings (SSSR count). The average molecular weight is 327 g/mol. The zero-order chi connectivity index (χ0) is 16.9. The highest BCUT2D eigenvalue weighted by atomic mass is 16.5. The minimum absolute atomic E-state index is 0.181. The van der Waals surface area contributed by atoms with Gasteiger partial charge in [-0.1, -0.05) is 61.5 Å². The van der Waals surface area contributed by atoms with Crippen molar-refractivity contribution < 1.29 is 14.9 Å². The lowest BCUT2D eigenvalue weighted by Crippen LogP contribution is -2.50. The Morgan fingerprint density at radius 2 is 1.54 bits per heavy atom. The Kier molecular flexibility index (Phi) is 5.63. The lowest BCUT2D eigenvalue weighted by molar-refractivity contribution is -0.119. The first kappa shape index (κ1) is 17.1. The minimum Gasteiger partial charge on any atom is -0.388 e. The van der Waals surface area contributed by atoms with Crippen LogP contribution >= 0.6 is 0 Å². The molecular formula is C20H25NO3. The van der Waals surface area contributed by atoms with Gasteiger partial charge < -0.3 is 14.9 Å². The van der Waals surface area contributed by atoms with Crippen LogP contribution in [0.15, 0.2) is 54.6 Å². The lowest BCUT2D eigenvalue weighted by atomic mass is 9.87. The molecule has 0 aliphatic carbocycles. The van der Waals surface area contributed by atoms with Crippen LogP contribution in [0.5, 0.6) is 0 Å². The van der Waals surface area contributed by atoms with E-state index in [2.05, 4.69) is 18.2 Å². The molecule has 2 aromatic rings. The fourth-order valence-corrected chi connectivity index (χ4v) is 3.27. The highest BCUT2D eigenvalue weighted by Crippen LogP contribution is 2.32. The van der Waals surface area contributed by atoms with Gasteiger partial charge in [0, 0.05) is 19.0 Å². The molecule has 0 spiro atoms. The number of hydrogen-bond acceptors (Lipinski definition) is 4. The van der Waals surface area contributed by atoms with Crippen molar-refractivity contribution in [3.8, 4) is 11.1 Å². The number of hydrogen-bond donors (Lipinski definition) is 2. The number of aliphatic hydroxyl groups excluding tert-OH is 2. The lowest BCUT2D eigenvalue weighted by Gasteiger charge is -2.36. The van der Waals surface area contributed by atoms with Gasteiger partial charge in [0.1, 0.15) is 12.3 Å². The fraction of sp³-hybridized carbons (Fsp3) is 0.400. The molecule has 1 saturated heterocycles. The molecule has 128 valence electrons. The standard InChI is InChI=1S/C20H25NO3/c1-15(19(22)20(23)21-11-13-24-14-12-21)17-9-5-6-10-18(17)16-7-3-2-4-8-16/h2-10,15,19-20,22-23H,11-14H2,1H3. The molecule has 24 heavy (non-hydrogen) atoms. The van der Waals surface area contributed by atoms with Gasteiger partial charge in [0.15, 0.2) is 0 Å². The van der Waals surface area contributed by atoms with E-state index in [1.807, 2.05) is 48.2 Å². The molecule has 1 heterocycles. The van der Waals surface area contributed by atoms with Crippen molar-refractivity contribution in [1.29, 1.82) is 0 Å². The van der Waals surface area contributed by atoms with Crippen LogP contribution in [0, 0.1) is 0 Å². The Hall–Kier alpha value is -1.72. The van der Waals surface area contributed by atoms with E-state index in [4.69, 9.17) is 4.74 Å². The molecule has 0 radical (unpaired) electrons. The summed E-state index contributed by atoms with van der Waals surface area (Å²) in [5, 5.41) is 21.3. The topological polar surface area (TPSA) is 52.9 Å². The molecule has 3 unspecified atom stereocenters. The second-order valence-corrected chi connectivity index (χ2v) is 6.29. The quantitative estimate of drug-likeness (QED) is 0.886. The maximum absolute atomic E-state index is 10.7. The van der Waals surface area contributed by atoms with Crippen LogP contribution in [0.1, 0.15) is 18.4 Å². The molecule has 0 amide bonds. The second-order valence-electron chi connectivity index (χ2n) is 6.29. The SMILES string of the molecule is CC(c1ccccc1-c1ccccc1)C(O)C(O)N1CCOCC1. The van der Waals surface area contributed by atoms with Crippen molar-refractivity contribution >= 4 is 0 Å². The first-order valence-electron chi connectivity index (χ1n) is 8.51. The van der Waals surface area contributed by atoms with Crippen molar-refractivity contribution in [3.05, 3.63) is 60.2 Å². The van der Waals surface area contributed by atoms with Gasteiger partial charge in [0.05, 0.1) is 13.2 Å². The average Bonchev–Trinajstić information content (AvgIpc) is 2.67. The summed E-state index contributed by atoms with van der Waals surface area (Å²) in [5.41, 5.74) is 3.26. The molecule has 0 aromatic heterocycles. The zero-order valence-corrected chi connectivity index (χ0v) is 14.0. The first-order valence-corrected chi connectivity index (χ1v) is 8.51. The van der Waals surface area contributed by atoms with Gasteiger partial charge in [-0.05, 0) is 16.7 Å². The third kappa shape index (κ3) is 3.68. The van der Waals surface area contributed by atoms with Crippen LogP contribution in [0.25, 0.3) is 11.1 Å². The molecule has 2 N–H and O–H groups in total. The molecule has 3 atom stereocenters. The molecule has 1 aliphatic heterocycles. The highest BCUT2D eigenvalue weighted by Gasteiger charge is 2.31. The van der Waals surface area contributed by atoms with Gasteiger partial charge in [-0.2, -0.15) is 0 Å². The number of ether oxygens (including phenoxy) is 1. The Bertz CT molecular complexity index is 640. The van der Waals surface area contributed by atoms with Crippen LogP contribution in [-0.4, -0.2) is 53.7 Å². The highest BCUT2D eigenvalue weighted by molar-refractivity contribution is 5.68. The number of morpholine rings is 1. The predicted octanol–water partition coefficient (Wildman–Crippen LogP) is 2.47. The number of aliphatic hydroxyl groups is 2. The monoisotopic (exact) mass is 327 g/mol. The van der Waals surface area contributed by atoms with Gasteiger partial charge in [0.2, 0.25) is 0 Å². The summed E-state index contributed by atoms with van der Waals surface area (Å²) in [7, 11) is 0. The summed E-state index contributed by atoms with van der Waals surface area (Å²) in [4.78, 5) is 1.88. The first-order chi connectivity index (χ1) is 11.7. The fourth-order valence-electron chi connectivity index (χ4n) is 3.27. The second kappa shape index (κ2) is 7.90. The summed E-state index contributed by atoms with van der Waals surface area (Å²) in [5.74, 6) is -0.181. The molecule has 0 saturated carbocycles. The van der Waals surface area contributed by atoms with Crippen molar-refractivity contribution in [2.24, 2.45) is 0 Å². The van der Waals surface area contributed by atoms with Crippen LogP contribution in [-0.2, 0) is 4.74 Å². The van der Waals surface area contributed by atoms with Crippen LogP contribution in [0.2, 0.25) is 0 Å². The number of benzene rings is 2. The third-order valence-electron chi connectivity index (χ3n) is 4.77. The van der Waals surface area contributed by atoms with E-state index in [9.17, 15) is 10.2 Å². The maximum Gasteiger partial charge on any atom is 0.134 e. The van der Waals surface area contributed by atoms with Gasteiger partial charge in [0.25, 0.3) is 0 Å². The van der Waals surface area contributed by atoms with Crippen LogP contribution in [0.4, 0.5) is 0 Å². The van der Waals surface area contributed by atoms with Crippen molar-refractivity contribution in [1.82, 2.24) is 4.90 Å². The summed E-state index contributed by atoms with van der Waals surface area (Å²) in [6.07, 6.45) is -1.74. The van der Waals surface area contributed by atoms with Crippen LogP contribution in [0.3, 0.4) is 0 Å². The molecule has 4 heteroatoms. The van der Waals surface area contributed by atoms with E-state index in [1.54, 1.807) is 0 Å². The van der Waals surface area contributed by atoms with E-state index in [-0.39, 0.29) is 5.92 Å². The Balaban J connectivity index is 1.83. The predicted molar refractivity (Wildman–Crippen MR) is 94.7 cm³/mol. The summed E-state index contributed by atoms with van der Waals surface area (Å²) in [6.45, 7) is 4.45. The molecule has 0 bridgehead atoms. The van der Waals surface area contributed by atoms with Gasteiger partial charge in [-0.25, -0.2) is 0 Å². The van der Waals surface area contributed by atoms with Gasteiger partial charge in [-0.15, -0.1) is 0 Å². The number of rotatable bonds is 5. The molecule has 2 aromatic carbocycles. The molecule has 1 aliphatic rings. The third-order valence-corrected chi connectivity index (χ3v) is 4.77. The van der Waals surface area contributed by atoms with Crippen molar-refractivity contribution in [2.75, 3.05) is 26.3 Å². The van der Waals surface area contributed by atoms with Crippen molar-refractivity contribution in [3.63, 3.8) is 0 Å². The Labute approximate surface area is 143 Å². The molecule has 4 nitrogen and oxygen atoms in total. The van der Waals surface area contributed by atoms with E-state index in [0.29, 0.717) is 26.3 Å². The van der Waals surface area contributed by atoms with Crippen molar-refractivity contribution in [2.45, 2.75) is 25.2 Å². The Morgan fingerprint density at radius 3 is 2.25 bits per heavy atom. The van der Waals surface area contributed by atoms with E-state index < -0.39 is 12.3 Å². The Morgan fingerprint density at radius 1 is 0.917 bits per heavy atom. The van der Waals surface area contributed by atoms with Crippen LogP contribution < -0.4 is 0 Å². The smallest absolute Gasteiger partial charge is 0.134 e. The van der Waals surface area contributed by atoms with E-state index in [0.717, 1.165) is 16.7 Å². The minimum atomic E-state index is -0.882. The number of nitrogens with zero attached hydrogens (tertiary/aromatic N) is 1. The summed E-state index contributed by atoms with van der Waals surface area (Å²) < 4.78 is 5.32. The maximum atomic E-state index is 10.7. The van der Waals surface area contributed by atoms with E-state index in [1.165, 1.54) is 0 Å². The van der Waals surface area contributed by atoms with E-state index >= 15 is 0 Å². The normalized spacial score (nSPS) is 19.6. The zero-order valence-electron chi connectivity index (χ0n) is 14.0. The summed E-state index contributed by atoms with van der Waals surface area (Å²) >= 11 is 0. The molecule has 1 fully saturated rings. The largest absolute Gasteiger partial charge is 0.388 e. The van der Waals surface area contributed by atoms with Gasteiger partial charge in [-0.3, -0.25) is 4.90 Å². The van der Waals surface area contributed by atoms with Gasteiger partial charge >= 0.3 is 0 Å². The summed E-state index contributed by atoms with van der Waals surface area (Å²) in [6, 6.07) is 18.2. The molecular weight excluding hydrogens is 302 g/mol.